The number of carboxylic acid groups (broad SMARTS) is 2. The van der Waals surface area contributed by atoms with Gasteiger partial charge < -0.3 is 49.5 Å². The monoisotopic (exact) mass is 1620 g/mol. The molecule has 6 aromatic heterocycles. The number of nitrogens with one attached hydrogen (secondary N) is 4. The van der Waals surface area contributed by atoms with Crippen LogP contribution in [0.3, 0.4) is 0 Å². The third-order valence-corrected chi connectivity index (χ3v) is 19.4. The molecule has 614 valence electrons. The van der Waals surface area contributed by atoms with Crippen LogP contribution in [0, 0.1) is 27.7 Å². The number of aryl methyl sites for hydroxylation is 5. The number of ether oxygens (including phenoxy) is 2. The van der Waals surface area contributed by atoms with Crippen LogP contribution in [-0.2, 0) is 49.6 Å². The summed E-state index contributed by atoms with van der Waals surface area (Å²) in [6, 6.07) is 22.8. The first-order valence-corrected chi connectivity index (χ1v) is 37.4. The Morgan fingerprint density at radius 1 is 0.568 bits per heavy atom. The second-order valence-electron chi connectivity index (χ2n) is 27.6. The Bertz CT molecular complexity index is 5500. The highest BCUT2D eigenvalue weighted by molar-refractivity contribution is 6.25. The Morgan fingerprint density at radius 2 is 1.02 bits per heavy atom. The minimum atomic E-state index is -5.08. The lowest BCUT2D eigenvalue weighted by Crippen LogP contribution is -2.54. The number of ketones is 2. The molecule has 2 fully saturated rings. The molecule has 0 aliphatic carbocycles. The molecule has 10 aromatic rings. The topological polar surface area (TPSA) is 474 Å². The van der Waals surface area contributed by atoms with Crippen molar-refractivity contribution >= 4 is 93.8 Å². The van der Waals surface area contributed by atoms with E-state index in [0.29, 0.717) is 74.4 Å². The molecule has 9 amide bonds. The highest BCUT2D eigenvalue weighted by Crippen LogP contribution is 2.38. The van der Waals surface area contributed by atoms with Gasteiger partial charge >= 0.3 is 18.1 Å². The predicted molar refractivity (Wildman–Crippen MR) is 411 cm³/mol. The number of amides is 9. The Hall–Kier alpha value is -14.0. The Balaban J connectivity index is 0.000000181. The molecule has 8 N–H and O–H groups in total. The third-order valence-electron chi connectivity index (χ3n) is 19.4. The highest BCUT2D eigenvalue weighted by Gasteiger charge is 2.48. The SMILES string of the molecule is Cc1noc(C)c1-c1ccc(-c2nc3cnccn3c2CCC(=O)NCCCCCC(=O)COc2cccc3c2C(=O)N(C2CCC(=O)NC2=O)C3=O)cc1.Cc1noc(C)c1-c1ccc(-c2nc3cnccn3c2NCC(=O)O)cc1.NCCCCCC(=O)COc1cccc2c1C(=O)N(C1CCC(=O)NC1=O)C2=O.O=C(O)C(F)(F)F. The molecule has 4 aromatic carbocycles. The number of imidazole rings is 2. The average Bonchev–Trinajstić information content (AvgIpc) is 1.60. The summed E-state index contributed by atoms with van der Waals surface area (Å²) in [7, 11) is 0. The molecule has 14 rings (SSSR count). The number of hydrogen-bond donors (Lipinski definition) is 7. The van der Waals surface area contributed by atoms with Crippen LogP contribution < -0.4 is 36.5 Å². The van der Waals surface area contributed by atoms with E-state index in [-0.39, 0.29) is 110 Å². The molecule has 0 saturated carbocycles. The number of piperidine rings is 2. The zero-order chi connectivity index (χ0) is 84.6. The summed E-state index contributed by atoms with van der Waals surface area (Å²) >= 11 is 0. The number of aromatic nitrogens is 8. The van der Waals surface area contributed by atoms with Gasteiger partial charge in [0.1, 0.15) is 66.4 Å². The number of carbonyl (C=O) groups excluding carboxylic acids is 11. The molecule has 0 bridgehead atoms. The number of anilines is 1. The number of alkyl halides is 3. The minimum Gasteiger partial charge on any atom is -0.485 e. The van der Waals surface area contributed by atoms with Gasteiger partial charge in [-0.2, -0.15) is 13.2 Å². The number of Topliss-reactive ketones (excluding diaryl/α,β-unsaturated/α-hetero) is 2. The van der Waals surface area contributed by atoms with E-state index in [9.17, 15) is 70.7 Å². The smallest absolute Gasteiger partial charge is 0.485 e. The number of nitrogens with zero attached hydrogens (tertiary/aromatic N) is 10. The molecule has 2 saturated heterocycles. The number of carboxylic acids is 2. The molecule has 34 nitrogen and oxygen atoms in total. The maximum Gasteiger partial charge on any atom is 0.490 e. The van der Waals surface area contributed by atoms with Gasteiger partial charge in [-0.15, -0.1) is 0 Å². The van der Waals surface area contributed by atoms with Crippen LogP contribution in [0.4, 0.5) is 19.0 Å². The number of hydrogen-bond acceptors (Lipinski definition) is 25. The van der Waals surface area contributed by atoms with E-state index >= 15 is 0 Å². The van der Waals surface area contributed by atoms with E-state index in [1.54, 1.807) is 47.5 Å². The summed E-state index contributed by atoms with van der Waals surface area (Å²) in [5, 5.41) is 34.4. The molecule has 2 atom stereocenters. The van der Waals surface area contributed by atoms with E-state index in [1.807, 2.05) is 86.8 Å². The van der Waals surface area contributed by atoms with Gasteiger partial charge in [0.25, 0.3) is 23.6 Å². The number of benzene rings is 4. The summed E-state index contributed by atoms with van der Waals surface area (Å²) in [6.07, 6.45) is 11.0. The van der Waals surface area contributed by atoms with E-state index in [2.05, 4.69) is 46.5 Å². The van der Waals surface area contributed by atoms with Gasteiger partial charge in [0.05, 0.1) is 57.4 Å². The maximum absolute atomic E-state index is 13.2. The summed E-state index contributed by atoms with van der Waals surface area (Å²) in [6.45, 7) is 7.92. The summed E-state index contributed by atoms with van der Waals surface area (Å²) < 4.78 is 57.3. The lowest BCUT2D eigenvalue weighted by atomic mass is 10.0. The number of fused-ring (bicyclic) bond motifs is 4. The van der Waals surface area contributed by atoms with Crippen LogP contribution in [0.15, 0.2) is 131 Å². The number of unbranched alkanes of at least 4 members (excludes halogenated alkanes) is 4. The quantitative estimate of drug-likeness (QED) is 0.0170. The number of carbonyl (C=O) groups is 13. The fraction of sp³-hybridized carbons (Fsp3) is 0.321. The van der Waals surface area contributed by atoms with Crippen LogP contribution in [0.25, 0.3) is 56.1 Å². The summed E-state index contributed by atoms with van der Waals surface area (Å²) in [5.74, 6) is -6.63. The fourth-order valence-electron chi connectivity index (χ4n) is 13.7. The minimum absolute atomic E-state index is 0.00136. The zero-order valence-corrected chi connectivity index (χ0v) is 64.2. The van der Waals surface area contributed by atoms with Crippen LogP contribution in [0.1, 0.15) is 154 Å². The second-order valence-corrected chi connectivity index (χ2v) is 27.6. The Kier molecular flexibility index (Phi) is 27.3. The van der Waals surface area contributed by atoms with Crippen molar-refractivity contribution in [1.29, 1.82) is 0 Å². The second kappa shape index (κ2) is 38.0. The van der Waals surface area contributed by atoms with Crippen molar-refractivity contribution in [2.75, 3.05) is 38.2 Å². The lowest BCUT2D eigenvalue weighted by Gasteiger charge is -2.27. The largest absolute Gasteiger partial charge is 0.490 e. The normalized spacial score (nSPS) is 14.9. The van der Waals surface area contributed by atoms with Gasteiger partial charge in [-0.3, -0.25) is 92.3 Å². The summed E-state index contributed by atoms with van der Waals surface area (Å²) in [4.78, 5) is 176. The van der Waals surface area contributed by atoms with Crippen molar-refractivity contribution < 1.29 is 104 Å². The van der Waals surface area contributed by atoms with Crippen molar-refractivity contribution in [1.82, 2.24) is 64.8 Å². The molecule has 0 spiro atoms. The highest BCUT2D eigenvalue weighted by atomic mass is 19.4. The van der Waals surface area contributed by atoms with E-state index in [0.717, 1.165) is 90.3 Å². The van der Waals surface area contributed by atoms with Crippen molar-refractivity contribution in [3.63, 3.8) is 0 Å². The predicted octanol–water partition coefficient (Wildman–Crippen LogP) is 8.68. The first-order chi connectivity index (χ1) is 56.5. The van der Waals surface area contributed by atoms with Gasteiger partial charge in [-0.05, 0) is 115 Å². The number of halogens is 3. The summed E-state index contributed by atoms with van der Waals surface area (Å²) in [5.41, 5.74) is 16.7. The van der Waals surface area contributed by atoms with Crippen molar-refractivity contribution in [2.24, 2.45) is 5.73 Å². The van der Waals surface area contributed by atoms with Gasteiger partial charge in [-0.1, -0.05) is 83.8 Å². The zero-order valence-electron chi connectivity index (χ0n) is 64.2. The van der Waals surface area contributed by atoms with Gasteiger partial charge in [0.2, 0.25) is 29.5 Å². The lowest BCUT2D eigenvalue weighted by molar-refractivity contribution is -0.192. The molecular weight excluding hydrogens is 1540 g/mol. The third kappa shape index (κ3) is 19.8. The molecule has 37 heteroatoms. The van der Waals surface area contributed by atoms with E-state index in [4.69, 9.17) is 44.2 Å². The maximum atomic E-state index is 13.2. The Morgan fingerprint density at radius 3 is 1.47 bits per heavy atom. The molecule has 0 radical (unpaired) electrons. The molecule has 10 heterocycles. The number of aliphatic carboxylic acids is 2. The van der Waals surface area contributed by atoms with E-state index < -0.39 is 77.5 Å². The van der Waals surface area contributed by atoms with Crippen LogP contribution in [0.5, 0.6) is 11.5 Å². The number of nitrogens with two attached hydrogens (primary N) is 1. The molecule has 4 aliphatic rings. The number of rotatable bonds is 29. The van der Waals surface area contributed by atoms with Crippen LogP contribution in [-0.4, -0.2) is 187 Å². The molecular formula is C81H80F3N15O19. The molecule has 2 unspecified atom stereocenters. The molecule has 118 heavy (non-hydrogen) atoms. The standard InChI is InChI=1S/C40H39N7O8.C20H23N3O6.C19H17N5O3.C2HF3O2/c1-23-35(24(2)55-45-23)25-10-12-26(13-11-25)37-29(46-20-19-41-21-32(46)43-37)14-16-33(49)42-18-5-3-4-7-27(48)22-54-31-9-6-8-28-36(31)40(53)47(39(28)52)30-15-17-34(50)44-38(30)51;21-10-3-1-2-5-12(24)11-29-15-7-4-6-13-17(15)20(28)23(19(13)27)14-8-9-16(25)22-18(14)26;1-11-17(12(2)27-23-11)13-3-5-14(6-4-13)18-19(21-10-16(25)26)24-8-7-20-9-15(24)22-18;3-2(4,5)1(6)7/h6,8-13,19-21,30H,3-5,7,14-18,22H2,1-2H3,(H,42,49)(H,44,50,51);4,6-7,14H,1-3,5,8-11,21H2,(H,22,25,26);3-9,21H,10H2,1-2H3,(H,25,26);(H,6,7). The van der Waals surface area contributed by atoms with Crippen LogP contribution >= 0.6 is 0 Å². The fourth-order valence-corrected chi connectivity index (χ4v) is 13.7. The van der Waals surface area contributed by atoms with E-state index in [1.165, 1.54) is 24.3 Å². The van der Waals surface area contributed by atoms with Crippen molar-refractivity contribution in [3.05, 3.63) is 173 Å². The van der Waals surface area contributed by atoms with Crippen molar-refractivity contribution in [2.45, 2.75) is 136 Å². The van der Waals surface area contributed by atoms with Gasteiger partial charge in [0, 0.05) is 85.7 Å². The Labute approximate surface area is 669 Å². The first kappa shape index (κ1) is 84.9. The molecule has 4 aliphatic heterocycles. The van der Waals surface area contributed by atoms with Crippen molar-refractivity contribution in [3.8, 4) is 56.3 Å². The first-order valence-electron chi connectivity index (χ1n) is 37.4. The number of imide groups is 4. The van der Waals surface area contributed by atoms with Gasteiger partial charge in [0.15, 0.2) is 22.9 Å². The average molecular weight is 1620 g/mol. The van der Waals surface area contributed by atoms with Gasteiger partial charge in [-0.25, -0.2) is 14.8 Å². The van der Waals surface area contributed by atoms with Crippen LogP contribution in [0.2, 0.25) is 0 Å².